The van der Waals surface area contributed by atoms with Gasteiger partial charge >= 0.3 is 0 Å². The second-order valence-corrected chi connectivity index (χ2v) is 10.5. The van der Waals surface area contributed by atoms with Crippen LogP contribution in [0.5, 0.6) is 0 Å². The van der Waals surface area contributed by atoms with Crippen molar-refractivity contribution in [3.63, 3.8) is 0 Å². The maximum absolute atomic E-state index is 13.2. The fraction of sp³-hybridized carbons (Fsp3) is 0.273. The largest absolute Gasteiger partial charge is 0.305 e. The smallest absolute Gasteiger partial charge is 0.270 e. The van der Waals surface area contributed by atoms with Crippen LogP contribution >= 0.6 is 11.3 Å². The number of aromatic nitrogens is 1. The Labute approximate surface area is 194 Å². The Morgan fingerprint density at radius 1 is 1.30 bits per heavy atom. The number of carbonyl (C=O) groups excluding carboxylic acids is 1. The summed E-state index contributed by atoms with van der Waals surface area (Å²) in [4.78, 5) is 28.4. The molecule has 2 aromatic carbocycles. The number of aryl methyl sites for hydroxylation is 1. The second kappa shape index (κ2) is 8.90. The standard InChI is InChI=1S/C22H20N4O5S2/c1-3-12-24-18-11-8-16(26(28)29)14-20(18)32-22(24)23-21(27)19-5-4-13-25(19)33(30,31)17-9-6-15(2)7-10-17/h1,6-11,14,19H,4-5,12-13H2,2H3. The Hall–Kier alpha value is -3.33. The third-order valence-corrected chi connectivity index (χ3v) is 8.41. The number of nitro groups is 1. The van der Waals surface area contributed by atoms with Gasteiger partial charge in [-0.2, -0.15) is 9.30 Å². The first-order valence-electron chi connectivity index (χ1n) is 10.1. The Morgan fingerprint density at radius 3 is 2.70 bits per heavy atom. The summed E-state index contributed by atoms with van der Waals surface area (Å²) in [6.45, 7) is 2.20. The summed E-state index contributed by atoms with van der Waals surface area (Å²) in [6, 6.07) is 9.89. The van der Waals surface area contributed by atoms with E-state index in [1.165, 1.54) is 28.6 Å². The van der Waals surface area contributed by atoms with E-state index >= 15 is 0 Å². The summed E-state index contributed by atoms with van der Waals surface area (Å²) in [6.07, 6.45) is 6.38. The number of thiazole rings is 1. The van der Waals surface area contributed by atoms with Gasteiger partial charge in [-0.15, -0.1) is 6.42 Å². The fourth-order valence-corrected chi connectivity index (χ4v) is 6.51. The van der Waals surface area contributed by atoms with Crippen molar-refractivity contribution in [2.24, 2.45) is 4.99 Å². The zero-order valence-electron chi connectivity index (χ0n) is 17.7. The highest BCUT2D eigenvalue weighted by Crippen LogP contribution is 2.28. The second-order valence-electron chi connectivity index (χ2n) is 7.62. The Balaban J connectivity index is 1.73. The Morgan fingerprint density at radius 2 is 2.03 bits per heavy atom. The van der Waals surface area contributed by atoms with Gasteiger partial charge < -0.3 is 4.57 Å². The van der Waals surface area contributed by atoms with Crippen molar-refractivity contribution in [2.75, 3.05) is 6.54 Å². The molecule has 1 aromatic heterocycles. The predicted molar refractivity (Wildman–Crippen MR) is 124 cm³/mol. The molecule has 1 atom stereocenters. The average molecular weight is 485 g/mol. The molecule has 2 heterocycles. The maximum Gasteiger partial charge on any atom is 0.270 e. The Bertz CT molecular complexity index is 1460. The first-order valence-corrected chi connectivity index (χ1v) is 12.4. The number of hydrogen-bond acceptors (Lipinski definition) is 6. The summed E-state index contributed by atoms with van der Waals surface area (Å²) in [7, 11) is -3.86. The zero-order valence-corrected chi connectivity index (χ0v) is 19.3. The third-order valence-electron chi connectivity index (χ3n) is 5.45. The van der Waals surface area contributed by atoms with Gasteiger partial charge in [-0.05, 0) is 38.0 Å². The first-order chi connectivity index (χ1) is 15.7. The average Bonchev–Trinajstić information content (AvgIpc) is 3.40. The van der Waals surface area contributed by atoms with Crippen molar-refractivity contribution in [2.45, 2.75) is 37.2 Å². The molecule has 0 radical (unpaired) electrons. The van der Waals surface area contributed by atoms with Crippen LogP contribution in [-0.2, 0) is 21.4 Å². The maximum atomic E-state index is 13.2. The van der Waals surface area contributed by atoms with E-state index in [4.69, 9.17) is 6.42 Å². The van der Waals surface area contributed by atoms with Gasteiger partial charge in [0.15, 0.2) is 4.80 Å². The number of carbonyl (C=O) groups is 1. The van der Waals surface area contributed by atoms with Crippen LogP contribution in [0, 0.1) is 29.4 Å². The third kappa shape index (κ3) is 4.32. The minimum absolute atomic E-state index is 0.0827. The molecule has 1 aliphatic heterocycles. The normalized spacial score (nSPS) is 17.3. The van der Waals surface area contributed by atoms with Gasteiger partial charge in [-0.1, -0.05) is 35.0 Å². The number of sulfonamides is 1. The lowest BCUT2D eigenvalue weighted by atomic mass is 10.2. The topological polar surface area (TPSA) is 115 Å². The van der Waals surface area contributed by atoms with E-state index in [9.17, 15) is 23.3 Å². The van der Waals surface area contributed by atoms with E-state index in [0.29, 0.717) is 23.1 Å². The summed E-state index contributed by atoms with van der Waals surface area (Å²) in [5, 5.41) is 11.1. The van der Waals surface area contributed by atoms with Gasteiger partial charge in [0.2, 0.25) is 10.0 Å². The zero-order chi connectivity index (χ0) is 23.8. The van der Waals surface area contributed by atoms with Gasteiger partial charge in [0, 0.05) is 18.7 Å². The van der Waals surface area contributed by atoms with Gasteiger partial charge in [-0.25, -0.2) is 8.42 Å². The number of fused-ring (bicyclic) bond motifs is 1. The summed E-state index contributed by atoms with van der Waals surface area (Å²) in [5.74, 6) is 1.91. The van der Waals surface area contributed by atoms with Gasteiger partial charge in [0.05, 0.1) is 26.6 Å². The van der Waals surface area contributed by atoms with Crippen LogP contribution < -0.4 is 4.80 Å². The highest BCUT2D eigenvalue weighted by molar-refractivity contribution is 7.89. The van der Waals surface area contributed by atoms with Gasteiger partial charge in [-0.3, -0.25) is 14.9 Å². The van der Waals surface area contributed by atoms with E-state index in [1.807, 2.05) is 6.92 Å². The Kier molecular flexibility index (Phi) is 6.16. The number of terminal acetylenes is 1. The van der Waals surface area contributed by atoms with Crippen molar-refractivity contribution in [3.05, 3.63) is 62.9 Å². The summed E-state index contributed by atoms with van der Waals surface area (Å²) < 4.78 is 29.7. The van der Waals surface area contributed by atoms with E-state index < -0.39 is 26.9 Å². The monoisotopic (exact) mass is 484 g/mol. The molecule has 3 aromatic rings. The lowest BCUT2D eigenvalue weighted by Crippen LogP contribution is -2.40. The molecular formula is C22H20N4O5S2. The molecule has 0 aliphatic carbocycles. The van der Waals surface area contributed by atoms with Crippen LogP contribution in [0.25, 0.3) is 10.2 Å². The molecule has 0 spiro atoms. The lowest BCUT2D eigenvalue weighted by Gasteiger charge is -2.21. The first kappa shape index (κ1) is 22.8. The SMILES string of the molecule is C#CCn1c(=NC(=O)C2CCCN2S(=O)(=O)c2ccc(C)cc2)sc2cc([N+](=O)[O-])ccc21. The van der Waals surface area contributed by atoms with Crippen molar-refractivity contribution in [1.29, 1.82) is 0 Å². The summed E-state index contributed by atoms with van der Waals surface area (Å²) >= 11 is 1.10. The van der Waals surface area contributed by atoms with Gasteiger partial charge in [0.25, 0.3) is 11.6 Å². The number of nitro benzene ring substituents is 1. The van der Waals surface area contributed by atoms with Crippen LogP contribution in [0.15, 0.2) is 52.4 Å². The number of benzene rings is 2. The molecule has 9 nitrogen and oxygen atoms in total. The van der Waals surface area contributed by atoms with Crippen molar-refractivity contribution in [1.82, 2.24) is 8.87 Å². The van der Waals surface area contributed by atoms with E-state index in [1.54, 1.807) is 22.8 Å². The van der Waals surface area contributed by atoms with E-state index in [0.717, 1.165) is 16.9 Å². The fourth-order valence-electron chi connectivity index (χ4n) is 3.79. The number of hydrogen-bond donors (Lipinski definition) is 0. The molecule has 1 saturated heterocycles. The van der Waals surface area contributed by atoms with Crippen LogP contribution in [0.4, 0.5) is 5.69 Å². The van der Waals surface area contributed by atoms with Crippen molar-refractivity contribution in [3.8, 4) is 12.3 Å². The van der Waals surface area contributed by atoms with Crippen molar-refractivity contribution < 1.29 is 18.1 Å². The number of non-ortho nitro benzene ring substituents is 1. The molecule has 1 unspecified atom stereocenters. The summed E-state index contributed by atoms with van der Waals surface area (Å²) in [5.41, 5.74) is 1.47. The molecule has 170 valence electrons. The van der Waals surface area contributed by atoms with Gasteiger partial charge in [0.1, 0.15) is 6.04 Å². The molecule has 33 heavy (non-hydrogen) atoms. The van der Waals surface area contributed by atoms with Crippen molar-refractivity contribution >= 4 is 43.2 Å². The molecular weight excluding hydrogens is 464 g/mol. The molecule has 11 heteroatoms. The molecule has 1 amide bonds. The minimum Gasteiger partial charge on any atom is -0.305 e. The quantitative estimate of drug-likeness (QED) is 0.314. The number of rotatable bonds is 5. The molecule has 0 bridgehead atoms. The molecule has 1 fully saturated rings. The van der Waals surface area contributed by atoms with Crippen LogP contribution in [-0.4, -0.2) is 40.7 Å². The molecule has 0 N–H and O–H groups in total. The lowest BCUT2D eigenvalue weighted by molar-refractivity contribution is -0.384. The molecule has 0 saturated carbocycles. The number of amides is 1. The molecule has 4 rings (SSSR count). The van der Waals surface area contributed by atoms with E-state index in [-0.39, 0.29) is 28.5 Å². The predicted octanol–water partition coefficient (Wildman–Crippen LogP) is 2.83. The van der Waals surface area contributed by atoms with Crippen LogP contribution in [0.3, 0.4) is 0 Å². The van der Waals surface area contributed by atoms with Crippen LogP contribution in [0.2, 0.25) is 0 Å². The highest BCUT2D eigenvalue weighted by Gasteiger charge is 2.39. The van der Waals surface area contributed by atoms with E-state index in [2.05, 4.69) is 10.9 Å². The molecule has 1 aliphatic rings. The number of nitrogens with zero attached hydrogens (tertiary/aromatic N) is 4. The highest BCUT2D eigenvalue weighted by atomic mass is 32.2. The minimum atomic E-state index is -3.86. The van der Waals surface area contributed by atoms with Crippen LogP contribution in [0.1, 0.15) is 18.4 Å².